The van der Waals surface area contributed by atoms with Crippen molar-refractivity contribution in [1.82, 2.24) is 5.32 Å². The van der Waals surface area contributed by atoms with Crippen LogP contribution in [-0.2, 0) is 11.2 Å². The van der Waals surface area contributed by atoms with Crippen molar-refractivity contribution < 1.29 is 14.3 Å². The topological polar surface area (TPSA) is 49.3 Å². The first-order valence-electron chi connectivity index (χ1n) is 6.70. The molecule has 0 aliphatic carbocycles. The highest BCUT2D eigenvalue weighted by Gasteiger charge is 2.27. The molecule has 1 aromatic carbocycles. The van der Waals surface area contributed by atoms with E-state index in [1.54, 1.807) is 13.0 Å². The van der Waals surface area contributed by atoms with Crippen LogP contribution in [-0.4, -0.2) is 23.2 Å². The lowest BCUT2D eigenvalue weighted by Crippen LogP contribution is -2.45. The van der Waals surface area contributed by atoms with Gasteiger partial charge in [-0.2, -0.15) is 0 Å². The molecule has 1 amide bonds. The van der Waals surface area contributed by atoms with E-state index < -0.39 is 11.4 Å². The van der Waals surface area contributed by atoms with E-state index in [-0.39, 0.29) is 35.4 Å². The van der Waals surface area contributed by atoms with Crippen LogP contribution in [0.3, 0.4) is 0 Å². The molecule has 20 heavy (non-hydrogen) atoms. The third kappa shape index (κ3) is 4.46. The summed E-state index contributed by atoms with van der Waals surface area (Å²) in [5, 5.41) is 13.0. The highest BCUT2D eigenvalue weighted by molar-refractivity contribution is 6.31. The Labute approximate surface area is 124 Å². The maximum atomic E-state index is 13.6. The molecule has 0 aliphatic rings. The van der Waals surface area contributed by atoms with Gasteiger partial charge in [-0.25, -0.2) is 4.39 Å². The molecule has 0 radical (unpaired) electrons. The van der Waals surface area contributed by atoms with Gasteiger partial charge in [0.2, 0.25) is 5.91 Å². The Morgan fingerprint density at radius 3 is 2.75 bits per heavy atom. The van der Waals surface area contributed by atoms with Crippen molar-refractivity contribution in [2.24, 2.45) is 5.92 Å². The highest BCUT2D eigenvalue weighted by atomic mass is 35.5. The van der Waals surface area contributed by atoms with Crippen LogP contribution < -0.4 is 5.32 Å². The van der Waals surface area contributed by atoms with Gasteiger partial charge < -0.3 is 10.4 Å². The molecule has 0 bridgehead atoms. The number of carbonyl (C=O) groups excluding carboxylic acids is 1. The Morgan fingerprint density at radius 2 is 2.20 bits per heavy atom. The van der Waals surface area contributed by atoms with Gasteiger partial charge >= 0.3 is 0 Å². The molecule has 0 fully saturated rings. The summed E-state index contributed by atoms with van der Waals surface area (Å²) < 4.78 is 13.6. The van der Waals surface area contributed by atoms with Gasteiger partial charge in [-0.3, -0.25) is 4.79 Å². The molecule has 0 saturated carbocycles. The van der Waals surface area contributed by atoms with E-state index in [1.165, 1.54) is 12.1 Å². The fourth-order valence-corrected chi connectivity index (χ4v) is 2.05. The second kappa shape index (κ2) is 7.04. The molecule has 5 heteroatoms. The van der Waals surface area contributed by atoms with Crippen molar-refractivity contribution in [2.75, 3.05) is 6.54 Å². The largest absolute Gasteiger partial charge is 0.388 e. The van der Waals surface area contributed by atoms with Gasteiger partial charge in [0.1, 0.15) is 5.82 Å². The van der Waals surface area contributed by atoms with E-state index in [0.717, 1.165) is 6.42 Å². The SMILES string of the molecule is CCC(C)C(C)(O)CNC(=O)Cc1c(F)cccc1Cl. The molecule has 1 rings (SSSR count). The van der Waals surface area contributed by atoms with Crippen molar-refractivity contribution in [3.63, 3.8) is 0 Å². The monoisotopic (exact) mass is 301 g/mol. The number of amides is 1. The molecule has 112 valence electrons. The molecule has 3 nitrogen and oxygen atoms in total. The third-order valence-corrected chi connectivity index (χ3v) is 4.07. The Balaban J connectivity index is 2.61. The molecular formula is C15H21ClFNO2. The standard InChI is InChI=1S/C15H21ClFNO2/c1-4-10(2)15(3,20)9-18-14(19)8-11-12(16)6-5-7-13(11)17/h5-7,10,20H,4,8-9H2,1-3H3,(H,18,19). The number of aliphatic hydroxyl groups is 1. The van der Waals surface area contributed by atoms with Crippen LogP contribution in [0.25, 0.3) is 0 Å². The zero-order valence-electron chi connectivity index (χ0n) is 12.0. The highest BCUT2D eigenvalue weighted by Crippen LogP contribution is 2.20. The van der Waals surface area contributed by atoms with Gasteiger partial charge in [-0.1, -0.05) is 37.9 Å². The first-order valence-corrected chi connectivity index (χ1v) is 7.07. The first kappa shape index (κ1) is 16.9. The van der Waals surface area contributed by atoms with Crippen LogP contribution in [0.1, 0.15) is 32.8 Å². The summed E-state index contributed by atoms with van der Waals surface area (Å²) in [4.78, 5) is 11.8. The number of nitrogens with one attached hydrogen (secondary N) is 1. The minimum atomic E-state index is -0.983. The summed E-state index contributed by atoms with van der Waals surface area (Å²) in [7, 11) is 0. The van der Waals surface area contributed by atoms with Crippen molar-refractivity contribution in [1.29, 1.82) is 0 Å². The van der Waals surface area contributed by atoms with Gasteiger partial charge in [0.05, 0.1) is 12.0 Å². The summed E-state index contributed by atoms with van der Waals surface area (Å²) >= 11 is 5.87. The lowest BCUT2D eigenvalue weighted by Gasteiger charge is -2.29. The van der Waals surface area contributed by atoms with Crippen LogP contribution in [0.2, 0.25) is 5.02 Å². The Kier molecular flexibility index (Phi) is 5.96. The number of hydrogen-bond acceptors (Lipinski definition) is 2. The van der Waals surface area contributed by atoms with Crippen LogP contribution >= 0.6 is 11.6 Å². The normalized spacial score (nSPS) is 15.5. The summed E-state index contributed by atoms with van der Waals surface area (Å²) in [5.74, 6) is -0.804. The van der Waals surface area contributed by atoms with Gasteiger partial charge in [0.15, 0.2) is 0 Å². The van der Waals surface area contributed by atoms with Crippen LogP contribution in [0, 0.1) is 11.7 Å². The predicted molar refractivity (Wildman–Crippen MR) is 78.2 cm³/mol. The van der Waals surface area contributed by atoms with Crippen LogP contribution in [0.4, 0.5) is 4.39 Å². The predicted octanol–water partition coefficient (Wildman–Crippen LogP) is 2.93. The average Bonchev–Trinajstić information content (AvgIpc) is 2.40. The molecule has 2 atom stereocenters. The molecule has 0 spiro atoms. The molecule has 2 N–H and O–H groups in total. The van der Waals surface area contributed by atoms with Crippen molar-refractivity contribution in [3.8, 4) is 0 Å². The number of benzene rings is 1. The van der Waals surface area contributed by atoms with E-state index in [0.29, 0.717) is 0 Å². The lowest BCUT2D eigenvalue weighted by atomic mass is 9.88. The third-order valence-electron chi connectivity index (χ3n) is 3.72. The average molecular weight is 302 g/mol. The maximum absolute atomic E-state index is 13.6. The second-order valence-electron chi connectivity index (χ2n) is 5.32. The lowest BCUT2D eigenvalue weighted by molar-refractivity contribution is -0.122. The van der Waals surface area contributed by atoms with Gasteiger partial charge in [-0.15, -0.1) is 0 Å². The zero-order chi connectivity index (χ0) is 15.3. The van der Waals surface area contributed by atoms with E-state index >= 15 is 0 Å². The van der Waals surface area contributed by atoms with E-state index in [4.69, 9.17) is 11.6 Å². The minimum absolute atomic E-state index is 0.0554. The van der Waals surface area contributed by atoms with Gasteiger partial charge in [0, 0.05) is 17.1 Å². The number of hydrogen-bond donors (Lipinski definition) is 2. The fraction of sp³-hybridized carbons (Fsp3) is 0.533. The molecule has 0 aliphatic heterocycles. The Hall–Kier alpha value is -1.13. The Morgan fingerprint density at radius 1 is 1.55 bits per heavy atom. The molecule has 0 aromatic heterocycles. The van der Waals surface area contributed by atoms with Crippen molar-refractivity contribution >= 4 is 17.5 Å². The molecule has 2 unspecified atom stereocenters. The molecule has 0 saturated heterocycles. The van der Waals surface area contributed by atoms with E-state index in [1.807, 2.05) is 13.8 Å². The number of carbonyl (C=O) groups is 1. The molecular weight excluding hydrogens is 281 g/mol. The summed E-state index contributed by atoms with van der Waals surface area (Å²) in [6.45, 7) is 5.70. The Bertz CT molecular complexity index is 457. The summed E-state index contributed by atoms with van der Waals surface area (Å²) in [5.41, 5.74) is -0.807. The smallest absolute Gasteiger partial charge is 0.224 e. The fourth-order valence-electron chi connectivity index (χ4n) is 1.82. The zero-order valence-corrected chi connectivity index (χ0v) is 12.8. The quantitative estimate of drug-likeness (QED) is 0.849. The van der Waals surface area contributed by atoms with Crippen LogP contribution in [0.5, 0.6) is 0 Å². The number of rotatable bonds is 6. The van der Waals surface area contributed by atoms with Crippen molar-refractivity contribution in [2.45, 2.75) is 39.2 Å². The number of halogens is 2. The first-order chi connectivity index (χ1) is 9.27. The molecule has 0 heterocycles. The van der Waals surface area contributed by atoms with Gasteiger partial charge in [-0.05, 0) is 25.0 Å². The minimum Gasteiger partial charge on any atom is -0.388 e. The molecule has 1 aromatic rings. The summed E-state index contributed by atoms with van der Waals surface area (Å²) in [6.07, 6.45) is 0.671. The van der Waals surface area contributed by atoms with E-state index in [9.17, 15) is 14.3 Å². The van der Waals surface area contributed by atoms with Crippen LogP contribution in [0.15, 0.2) is 18.2 Å². The maximum Gasteiger partial charge on any atom is 0.224 e. The summed E-state index contributed by atoms with van der Waals surface area (Å²) in [6, 6.07) is 4.30. The van der Waals surface area contributed by atoms with Gasteiger partial charge in [0.25, 0.3) is 0 Å². The van der Waals surface area contributed by atoms with E-state index in [2.05, 4.69) is 5.32 Å². The second-order valence-corrected chi connectivity index (χ2v) is 5.73. The van der Waals surface area contributed by atoms with Crippen molar-refractivity contribution in [3.05, 3.63) is 34.6 Å².